The largest absolute Gasteiger partial charge is 0.548 e. The Morgan fingerprint density at radius 3 is 1.94 bits per heavy atom. The fourth-order valence-electron chi connectivity index (χ4n) is 5.58. The minimum atomic E-state index is -1.24. The van der Waals surface area contributed by atoms with E-state index in [2.05, 4.69) is 5.92 Å². The molecule has 0 amide bonds. The second kappa shape index (κ2) is 8.47. The molecule has 178 valence electrons. The molecular weight excluding hydrogens is 430 g/mol. The Labute approximate surface area is 200 Å². The summed E-state index contributed by atoms with van der Waals surface area (Å²) < 4.78 is 5.49. The van der Waals surface area contributed by atoms with Crippen LogP contribution >= 0.6 is 0 Å². The number of rotatable bonds is 5. The summed E-state index contributed by atoms with van der Waals surface area (Å²) in [5.74, 6) is 1.18. The van der Waals surface area contributed by atoms with Crippen LogP contribution in [0, 0.1) is 23.2 Å². The van der Waals surface area contributed by atoms with Crippen LogP contribution in [0.4, 0.5) is 0 Å². The van der Waals surface area contributed by atoms with Crippen LogP contribution in [-0.4, -0.2) is 35.6 Å². The number of benzene rings is 1. The summed E-state index contributed by atoms with van der Waals surface area (Å²) in [7, 11) is 0. The standard InChI is InChI=1S/C28H31NO5/c1-6-11-34-18-9-7-17(8-10-18)24-25-19(12-27(2,3)14-21(25)30)29(16-23(32)33)20-13-28(4,5)15-22(31)26(20)24/h1,7-10,24H,11-16H2,2-5H3,(H,32,33)/p-1. The van der Waals surface area contributed by atoms with Crippen LogP contribution in [0.2, 0.25) is 0 Å². The van der Waals surface area contributed by atoms with Crippen LogP contribution < -0.4 is 9.84 Å². The third-order valence-corrected chi connectivity index (χ3v) is 6.84. The average molecular weight is 461 g/mol. The van der Waals surface area contributed by atoms with E-state index in [9.17, 15) is 19.5 Å². The fraction of sp³-hybridized carbons (Fsp3) is 0.464. The topological polar surface area (TPSA) is 86.7 Å². The van der Waals surface area contributed by atoms with Gasteiger partial charge in [-0.05, 0) is 41.4 Å². The normalized spacial score (nSPS) is 21.7. The first-order valence-corrected chi connectivity index (χ1v) is 11.6. The summed E-state index contributed by atoms with van der Waals surface area (Å²) in [4.78, 5) is 40.6. The van der Waals surface area contributed by atoms with Gasteiger partial charge in [-0.25, -0.2) is 0 Å². The van der Waals surface area contributed by atoms with Gasteiger partial charge in [-0.15, -0.1) is 6.42 Å². The van der Waals surface area contributed by atoms with Crippen molar-refractivity contribution in [3.8, 4) is 18.1 Å². The number of carbonyl (C=O) groups is 3. The molecule has 34 heavy (non-hydrogen) atoms. The summed E-state index contributed by atoms with van der Waals surface area (Å²) in [5, 5.41) is 11.8. The van der Waals surface area contributed by atoms with Crippen molar-refractivity contribution in [3.05, 3.63) is 52.4 Å². The third kappa shape index (κ3) is 4.40. The number of ketones is 2. The van der Waals surface area contributed by atoms with Gasteiger partial charge in [0.25, 0.3) is 0 Å². The predicted molar refractivity (Wildman–Crippen MR) is 125 cm³/mol. The first-order chi connectivity index (χ1) is 15.9. The molecule has 0 bridgehead atoms. The first kappa shape index (κ1) is 23.8. The van der Waals surface area contributed by atoms with Gasteiger partial charge in [0.1, 0.15) is 12.4 Å². The average Bonchev–Trinajstić information content (AvgIpc) is 2.72. The summed E-state index contributed by atoms with van der Waals surface area (Å²) in [6, 6.07) is 7.30. The minimum Gasteiger partial charge on any atom is -0.548 e. The van der Waals surface area contributed by atoms with Gasteiger partial charge in [0.15, 0.2) is 11.6 Å². The van der Waals surface area contributed by atoms with E-state index in [1.807, 2.05) is 39.8 Å². The van der Waals surface area contributed by atoms with Crippen molar-refractivity contribution in [2.75, 3.05) is 13.2 Å². The number of terminal acetylenes is 1. The molecule has 0 fully saturated rings. The van der Waals surface area contributed by atoms with Crippen molar-refractivity contribution in [3.63, 3.8) is 0 Å². The van der Waals surface area contributed by atoms with E-state index in [1.54, 1.807) is 17.0 Å². The van der Waals surface area contributed by atoms with Gasteiger partial charge in [-0.2, -0.15) is 0 Å². The van der Waals surface area contributed by atoms with E-state index in [1.165, 1.54) is 0 Å². The molecule has 1 aliphatic heterocycles. The molecule has 0 saturated carbocycles. The number of hydrogen-bond donors (Lipinski definition) is 0. The van der Waals surface area contributed by atoms with Crippen molar-refractivity contribution in [1.29, 1.82) is 0 Å². The molecular formula is C28H30NO5-. The molecule has 4 rings (SSSR count). The van der Waals surface area contributed by atoms with E-state index in [4.69, 9.17) is 11.2 Å². The Morgan fingerprint density at radius 1 is 1.00 bits per heavy atom. The molecule has 0 radical (unpaired) electrons. The number of carboxylic acids is 1. The van der Waals surface area contributed by atoms with Gasteiger partial charge in [-0.3, -0.25) is 9.59 Å². The van der Waals surface area contributed by atoms with Crippen molar-refractivity contribution in [2.45, 2.75) is 59.3 Å². The maximum Gasteiger partial charge on any atom is 0.162 e. The van der Waals surface area contributed by atoms with E-state index in [-0.39, 0.29) is 35.5 Å². The van der Waals surface area contributed by atoms with Gasteiger partial charge in [0, 0.05) is 41.3 Å². The lowest BCUT2D eigenvalue weighted by molar-refractivity contribution is -0.305. The molecule has 3 aliphatic rings. The zero-order chi connectivity index (χ0) is 24.8. The molecule has 2 aliphatic carbocycles. The van der Waals surface area contributed by atoms with E-state index >= 15 is 0 Å². The highest BCUT2D eigenvalue weighted by atomic mass is 16.5. The van der Waals surface area contributed by atoms with Crippen molar-refractivity contribution in [1.82, 2.24) is 4.90 Å². The summed E-state index contributed by atoms with van der Waals surface area (Å²) in [5.41, 5.74) is 2.64. The van der Waals surface area contributed by atoms with E-state index in [0.717, 1.165) is 5.56 Å². The zero-order valence-electron chi connectivity index (χ0n) is 20.2. The monoisotopic (exact) mass is 460 g/mol. The highest BCUT2D eigenvalue weighted by molar-refractivity contribution is 6.07. The quantitative estimate of drug-likeness (QED) is 0.628. The molecule has 1 aromatic rings. The Bertz CT molecular complexity index is 1110. The lowest BCUT2D eigenvalue weighted by Crippen LogP contribution is -2.47. The summed E-state index contributed by atoms with van der Waals surface area (Å²) in [6.45, 7) is 7.82. The smallest absolute Gasteiger partial charge is 0.162 e. The number of hydrogen-bond acceptors (Lipinski definition) is 6. The molecule has 6 nitrogen and oxygen atoms in total. The Kier molecular flexibility index (Phi) is 5.93. The first-order valence-electron chi connectivity index (χ1n) is 11.6. The van der Waals surface area contributed by atoms with Gasteiger partial charge < -0.3 is 19.5 Å². The van der Waals surface area contributed by atoms with Gasteiger partial charge in [0.2, 0.25) is 0 Å². The van der Waals surface area contributed by atoms with Crippen LogP contribution in [0.3, 0.4) is 0 Å². The Hall–Kier alpha value is -3.33. The van der Waals surface area contributed by atoms with Crippen LogP contribution in [0.5, 0.6) is 5.75 Å². The number of allylic oxidation sites excluding steroid dienone is 4. The summed E-state index contributed by atoms with van der Waals surface area (Å²) in [6.07, 6.45) is 7.06. The number of nitrogens with zero attached hydrogens (tertiary/aromatic N) is 1. The maximum atomic E-state index is 13.5. The van der Waals surface area contributed by atoms with Crippen LogP contribution in [0.1, 0.15) is 64.9 Å². The van der Waals surface area contributed by atoms with Crippen molar-refractivity contribution in [2.24, 2.45) is 10.8 Å². The van der Waals surface area contributed by atoms with Gasteiger partial charge >= 0.3 is 0 Å². The summed E-state index contributed by atoms with van der Waals surface area (Å²) >= 11 is 0. The molecule has 0 unspecified atom stereocenters. The van der Waals surface area contributed by atoms with Gasteiger partial charge in [0.05, 0.1) is 12.5 Å². The highest BCUT2D eigenvalue weighted by Gasteiger charge is 2.48. The Morgan fingerprint density at radius 2 is 1.50 bits per heavy atom. The Balaban J connectivity index is 1.93. The fourth-order valence-corrected chi connectivity index (χ4v) is 5.58. The number of carbonyl (C=O) groups excluding carboxylic acids is 3. The lowest BCUT2D eigenvalue weighted by atomic mass is 9.63. The second-order valence-electron chi connectivity index (χ2n) is 11.1. The molecule has 6 heteroatoms. The van der Waals surface area contributed by atoms with Crippen LogP contribution in [0.15, 0.2) is 46.8 Å². The molecule has 1 aromatic carbocycles. The van der Waals surface area contributed by atoms with Crippen molar-refractivity contribution < 1.29 is 24.2 Å². The van der Waals surface area contributed by atoms with E-state index in [0.29, 0.717) is 54.0 Å². The third-order valence-electron chi connectivity index (χ3n) is 6.84. The SMILES string of the molecule is C#CCOc1ccc(C2C3=C(CC(C)(C)CC3=O)N(CC(=O)[O-])C3=C2C(=O)CC(C)(C)C3)cc1. The number of Topliss-reactive ketones (excluding diaryl/α,β-unsaturated/α-hetero) is 2. The zero-order valence-corrected chi connectivity index (χ0v) is 20.2. The molecule has 1 heterocycles. The molecule has 0 spiro atoms. The van der Waals surface area contributed by atoms with Gasteiger partial charge in [-0.1, -0.05) is 45.7 Å². The van der Waals surface area contributed by atoms with Crippen LogP contribution in [0.25, 0.3) is 0 Å². The molecule has 0 aromatic heterocycles. The number of aliphatic carboxylic acids is 1. The number of ether oxygens (including phenoxy) is 1. The van der Waals surface area contributed by atoms with Crippen LogP contribution in [-0.2, 0) is 14.4 Å². The lowest BCUT2D eigenvalue weighted by Gasteiger charge is -2.49. The molecule has 0 saturated heterocycles. The maximum absolute atomic E-state index is 13.5. The molecule has 0 atom stereocenters. The van der Waals surface area contributed by atoms with Crippen molar-refractivity contribution >= 4 is 17.5 Å². The second-order valence-corrected chi connectivity index (χ2v) is 11.1. The minimum absolute atomic E-state index is 0.0450. The highest BCUT2D eigenvalue weighted by Crippen LogP contribution is 2.54. The van der Waals surface area contributed by atoms with E-state index < -0.39 is 11.9 Å². The number of carboxylic acid groups (broad SMARTS) is 1. The predicted octanol–water partition coefficient (Wildman–Crippen LogP) is 3.13. The molecule has 0 N–H and O–H groups in total.